The van der Waals surface area contributed by atoms with Gasteiger partial charge < -0.3 is 21.4 Å². The van der Waals surface area contributed by atoms with E-state index in [0.717, 1.165) is 22.2 Å². The van der Waals surface area contributed by atoms with E-state index in [4.69, 9.17) is 4.42 Å². The number of rotatable bonds is 3. The topological polar surface area (TPSA) is 29.9 Å². The maximum atomic E-state index is 12.9. The number of oxazole rings is 1. The third-order valence-corrected chi connectivity index (χ3v) is 3.71. The molecule has 0 bridgehead atoms. The fourth-order valence-electron chi connectivity index (χ4n) is 2.50. The Bertz CT molecular complexity index is 916. The number of hydrogen-bond donors (Lipinski definition) is 0. The minimum absolute atomic E-state index is 0. The standard InChI is InChI=1S/C19H14FN2O.BrH/c20-16-7-5-14(6-8-16)13-22-11-9-15(10-12-22)19-21-17-3-1-2-4-18(17)23-19;/h1-12H,13H2;1H/q+1;/p-1. The molecule has 0 aliphatic heterocycles. The zero-order chi connectivity index (χ0) is 15.6. The smallest absolute Gasteiger partial charge is 0.227 e. The van der Waals surface area contributed by atoms with Crippen molar-refractivity contribution in [3.63, 3.8) is 0 Å². The number of nitrogens with zero attached hydrogens (tertiary/aromatic N) is 2. The minimum atomic E-state index is -0.218. The van der Waals surface area contributed by atoms with Gasteiger partial charge in [-0.3, -0.25) is 0 Å². The Hall–Kier alpha value is -2.53. The Balaban J connectivity index is 0.00000169. The average Bonchev–Trinajstić information content (AvgIpc) is 3.02. The number of aromatic nitrogens is 2. The van der Waals surface area contributed by atoms with Crippen molar-refractivity contribution >= 4 is 11.1 Å². The van der Waals surface area contributed by atoms with Gasteiger partial charge in [-0.05, 0) is 36.4 Å². The molecule has 0 amide bonds. The van der Waals surface area contributed by atoms with Gasteiger partial charge >= 0.3 is 0 Å². The summed E-state index contributed by atoms with van der Waals surface area (Å²) in [5, 5.41) is 0. The molecule has 0 atom stereocenters. The molecule has 0 unspecified atom stereocenters. The molecule has 3 nitrogen and oxygen atoms in total. The first-order valence-corrected chi connectivity index (χ1v) is 7.37. The van der Waals surface area contributed by atoms with E-state index < -0.39 is 0 Å². The van der Waals surface area contributed by atoms with Crippen molar-refractivity contribution in [2.75, 3.05) is 0 Å². The monoisotopic (exact) mass is 384 g/mol. The van der Waals surface area contributed by atoms with Crippen LogP contribution in [0.1, 0.15) is 5.56 Å². The molecular formula is C19H14BrFN2O. The van der Waals surface area contributed by atoms with Gasteiger partial charge in [-0.25, -0.2) is 13.9 Å². The van der Waals surface area contributed by atoms with Crippen LogP contribution < -0.4 is 21.5 Å². The van der Waals surface area contributed by atoms with Crippen molar-refractivity contribution in [2.24, 2.45) is 0 Å². The quantitative estimate of drug-likeness (QED) is 0.492. The van der Waals surface area contributed by atoms with Crippen LogP contribution in [-0.2, 0) is 6.54 Å². The van der Waals surface area contributed by atoms with E-state index in [0.29, 0.717) is 12.4 Å². The zero-order valence-electron chi connectivity index (χ0n) is 12.7. The lowest BCUT2D eigenvalue weighted by molar-refractivity contribution is -0.688. The molecule has 0 aliphatic carbocycles. The van der Waals surface area contributed by atoms with Crippen LogP contribution in [0.2, 0.25) is 0 Å². The predicted octanol–water partition coefficient (Wildman–Crippen LogP) is 0.974. The summed E-state index contributed by atoms with van der Waals surface area (Å²) in [6.07, 6.45) is 3.93. The first-order chi connectivity index (χ1) is 11.3. The molecule has 2 aromatic heterocycles. The molecule has 0 spiro atoms. The lowest BCUT2D eigenvalue weighted by Gasteiger charge is -1.99. The summed E-state index contributed by atoms with van der Waals surface area (Å²) in [6, 6.07) is 18.2. The summed E-state index contributed by atoms with van der Waals surface area (Å²) in [5.74, 6) is 0.394. The summed E-state index contributed by atoms with van der Waals surface area (Å²) < 4.78 is 20.7. The average molecular weight is 385 g/mol. The third-order valence-electron chi connectivity index (χ3n) is 3.71. The van der Waals surface area contributed by atoms with Gasteiger partial charge in [-0.2, -0.15) is 0 Å². The van der Waals surface area contributed by atoms with E-state index in [2.05, 4.69) is 4.98 Å². The number of fused-ring (bicyclic) bond motifs is 1. The molecule has 5 heteroatoms. The minimum Gasteiger partial charge on any atom is -1.00 e. The van der Waals surface area contributed by atoms with Gasteiger partial charge in [0.1, 0.15) is 11.3 Å². The Kier molecular flexibility index (Phi) is 4.71. The van der Waals surface area contributed by atoms with Crippen LogP contribution in [-0.4, -0.2) is 4.98 Å². The van der Waals surface area contributed by atoms with E-state index in [1.807, 2.05) is 53.4 Å². The Morgan fingerprint density at radius 3 is 2.33 bits per heavy atom. The van der Waals surface area contributed by atoms with Crippen molar-refractivity contribution in [1.29, 1.82) is 0 Å². The molecule has 0 saturated heterocycles. The van der Waals surface area contributed by atoms with Crippen LogP contribution in [0.15, 0.2) is 77.5 Å². The zero-order valence-corrected chi connectivity index (χ0v) is 14.3. The summed E-state index contributed by atoms with van der Waals surface area (Å²) in [7, 11) is 0. The van der Waals surface area contributed by atoms with E-state index in [1.54, 1.807) is 12.1 Å². The van der Waals surface area contributed by atoms with E-state index in [1.165, 1.54) is 12.1 Å². The lowest BCUT2D eigenvalue weighted by atomic mass is 10.2. The molecule has 120 valence electrons. The van der Waals surface area contributed by atoms with Crippen molar-refractivity contribution in [1.82, 2.24) is 4.98 Å². The summed E-state index contributed by atoms with van der Waals surface area (Å²) in [4.78, 5) is 4.49. The number of hydrogen-bond acceptors (Lipinski definition) is 2. The largest absolute Gasteiger partial charge is 1.00 e. The van der Waals surface area contributed by atoms with Crippen molar-refractivity contribution in [2.45, 2.75) is 6.54 Å². The Morgan fingerprint density at radius 1 is 0.917 bits per heavy atom. The van der Waals surface area contributed by atoms with E-state index in [9.17, 15) is 4.39 Å². The molecule has 0 fully saturated rings. The highest BCUT2D eigenvalue weighted by Crippen LogP contribution is 2.22. The van der Waals surface area contributed by atoms with Crippen LogP contribution in [0.5, 0.6) is 0 Å². The number of benzene rings is 2. The van der Waals surface area contributed by atoms with Crippen molar-refractivity contribution < 1.29 is 30.4 Å². The molecular weight excluding hydrogens is 371 g/mol. The maximum Gasteiger partial charge on any atom is 0.227 e. The van der Waals surface area contributed by atoms with Gasteiger partial charge in [0.05, 0.1) is 0 Å². The van der Waals surface area contributed by atoms with Crippen LogP contribution in [0, 0.1) is 5.82 Å². The second kappa shape index (κ2) is 6.93. The second-order valence-corrected chi connectivity index (χ2v) is 5.37. The van der Waals surface area contributed by atoms with Crippen LogP contribution in [0.25, 0.3) is 22.6 Å². The van der Waals surface area contributed by atoms with E-state index in [-0.39, 0.29) is 22.8 Å². The fourth-order valence-corrected chi connectivity index (χ4v) is 2.50. The molecule has 0 radical (unpaired) electrons. The Morgan fingerprint density at radius 2 is 1.62 bits per heavy atom. The molecule has 4 rings (SSSR count). The highest BCUT2D eigenvalue weighted by molar-refractivity contribution is 5.75. The van der Waals surface area contributed by atoms with E-state index >= 15 is 0 Å². The summed E-state index contributed by atoms with van der Waals surface area (Å²) >= 11 is 0. The van der Waals surface area contributed by atoms with Crippen LogP contribution >= 0.6 is 0 Å². The van der Waals surface area contributed by atoms with Gasteiger partial charge in [0.15, 0.2) is 24.5 Å². The number of pyridine rings is 1. The van der Waals surface area contributed by atoms with Gasteiger partial charge in [0.2, 0.25) is 5.89 Å². The van der Waals surface area contributed by atoms with Gasteiger partial charge in [0, 0.05) is 23.3 Å². The molecule has 4 aromatic rings. The van der Waals surface area contributed by atoms with Crippen LogP contribution in [0.4, 0.5) is 4.39 Å². The van der Waals surface area contributed by atoms with Gasteiger partial charge in [0.25, 0.3) is 0 Å². The van der Waals surface area contributed by atoms with Crippen LogP contribution in [0.3, 0.4) is 0 Å². The van der Waals surface area contributed by atoms with Gasteiger partial charge in [-0.15, -0.1) is 0 Å². The van der Waals surface area contributed by atoms with Gasteiger partial charge in [-0.1, -0.05) is 12.1 Å². The normalized spacial score (nSPS) is 10.5. The maximum absolute atomic E-state index is 12.9. The predicted molar refractivity (Wildman–Crippen MR) is 85.1 cm³/mol. The molecule has 2 aromatic carbocycles. The molecule has 0 saturated carbocycles. The highest BCUT2D eigenvalue weighted by Gasteiger charge is 2.10. The number of halogens is 2. The first kappa shape index (κ1) is 16.3. The second-order valence-electron chi connectivity index (χ2n) is 5.37. The summed E-state index contributed by atoms with van der Waals surface area (Å²) in [5.41, 5.74) is 3.61. The van der Waals surface area contributed by atoms with Crippen molar-refractivity contribution in [3.8, 4) is 11.5 Å². The molecule has 0 aliphatic rings. The SMILES string of the molecule is Fc1ccc(C[n+]2ccc(-c3nc4ccccc4o3)cc2)cc1.[Br-]. The third kappa shape index (κ3) is 3.36. The first-order valence-electron chi connectivity index (χ1n) is 7.37. The summed E-state index contributed by atoms with van der Waals surface area (Å²) in [6.45, 7) is 0.689. The lowest BCUT2D eigenvalue weighted by Crippen LogP contribution is -3.00. The fraction of sp³-hybridized carbons (Fsp3) is 0.0526. The van der Waals surface area contributed by atoms with Crippen molar-refractivity contribution in [3.05, 3.63) is 84.4 Å². The molecule has 0 N–H and O–H groups in total. The molecule has 2 heterocycles. The molecule has 24 heavy (non-hydrogen) atoms. The highest BCUT2D eigenvalue weighted by atomic mass is 79.9. The Labute approximate surface area is 149 Å². The number of para-hydroxylation sites is 2.